The lowest BCUT2D eigenvalue weighted by Crippen LogP contribution is -2.36. The molecule has 0 aromatic heterocycles. The summed E-state index contributed by atoms with van der Waals surface area (Å²) in [7, 11) is -2.05. The van der Waals surface area contributed by atoms with E-state index in [1.165, 1.54) is 24.3 Å². The molecule has 3 N–H and O–H groups in total. The number of carbonyl (C=O) groups is 1. The Morgan fingerprint density at radius 1 is 0.935 bits per heavy atom. The number of nitrogens with zero attached hydrogens (tertiary/aromatic N) is 1. The molecular weight excluding hydrogens is 436 g/mol. The van der Waals surface area contributed by atoms with Gasteiger partial charge in [0.05, 0.1) is 22.6 Å². The van der Waals surface area contributed by atoms with Gasteiger partial charge in [-0.15, -0.1) is 0 Å². The van der Waals surface area contributed by atoms with E-state index >= 15 is 0 Å². The molecule has 0 heterocycles. The van der Waals surface area contributed by atoms with Gasteiger partial charge >= 0.3 is 7.12 Å². The maximum atomic E-state index is 14.5. The van der Waals surface area contributed by atoms with Crippen LogP contribution < -0.4 is 15.1 Å². The van der Waals surface area contributed by atoms with Crippen LogP contribution in [0.4, 0.5) is 30.2 Å². The Balaban J connectivity index is 2.01. The van der Waals surface area contributed by atoms with E-state index in [0.717, 1.165) is 36.4 Å². The van der Waals surface area contributed by atoms with Crippen LogP contribution in [0.1, 0.15) is 10.4 Å². The van der Waals surface area contributed by atoms with Crippen molar-refractivity contribution in [1.82, 2.24) is 0 Å². The van der Waals surface area contributed by atoms with Crippen molar-refractivity contribution in [1.29, 1.82) is 0 Å². The third-order valence-corrected chi connectivity index (χ3v) is 4.88. The van der Waals surface area contributed by atoms with Crippen molar-refractivity contribution in [2.45, 2.75) is 0 Å². The van der Waals surface area contributed by atoms with Gasteiger partial charge in [-0.25, -0.2) is 13.2 Å². The molecule has 1 atom stereocenters. The summed E-state index contributed by atoms with van der Waals surface area (Å²) >= 11 is -3.11. The van der Waals surface area contributed by atoms with Gasteiger partial charge in [0, 0.05) is 22.8 Å². The Labute approximate surface area is 177 Å². The molecule has 0 radical (unpaired) electrons. The van der Waals surface area contributed by atoms with Crippen LogP contribution >= 0.6 is 0 Å². The first-order valence-electron chi connectivity index (χ1n) is 8.59. The zero-order chi connectivity index (χ0) is 22.7. The normalized spacial score (nSPS) is 11.7. The van der Waals surface area contributed by atoms with Crippen molar-refractivity contribution < 1.29 is 36.8 Å². The van der Waals surface area contributed by atoms with Crippen molar-refractivity contribution in [2.75, 3.05) is 9.62 Å². The number of nitrogens with one attached hydrogen (secondary N) is 1. The first kappa shape index (κ1) is 22.5. The molecule has 1 amide bonds. The molecule has 0 aliphatic carbocycles. The topological polar surface area (TPSA) is 113 Å². The fraction of sp³-hybridized carbons (Fsp3) is 0. The van der Waals surface area contributed by atoms with E-state index in [4.69, 9.17) is 0 Å². The summed E-state index contributed by atoms with van der Waals surface area (Å²) in [4.78, 5) is 12.5. The number of amides is 1. The molecule has 0 aliphatic heterocycles. The standard InChI is InChI=1S/C19H14BF3N2O5S/c21-14-8-6-12(10-16(14)23)24-19(26)11-5-7-15(22)18(9-11)25(31(29)30)17-4-2-1-3-13(17)20(27)28/h1-10,27-28H,(H,24,26)(H,29,30)/p-1. The van der Waals surface area contributed by atoms with Gasteiger partial charge < -0.3 is 19.9 Å². The molecule has 7 nitrogen and oxygen atoms in total. The summed E-state index contributed by atoms with van der Waals surface area (Å²) in [6.45, 7) is 0. The summed E-state index contributed by atoms with van der Waals surface area (Å²) in [5.74, 6) is -4.17. The summed E-state index contributed by atoms with van der Waals surface area (Å²) in [6.07, 6.45) is 0. The van der Waals surface area contributed by atoms with E-state index in [1.54, 1.807) is 0 Å². The zero-order valence-electron chi connectivity index (χ0n) is 15.5. The Morgan fingerprint density at radius 3 is 2.26 bits per heavy atom. The van der Waals surface area contributed by atoms with Gasteiger partial charge in [-0.1, -0.05) is 18.2 Å². The van der Waals surface area contributed by atoms with Gasteiger partial charge in [-0.2, -0.15) is 0 Å². The highest BCUT2D eigenvalue weighted by atomic mass is 32.2. The predicted octanol–water partition coefficient (Wildman–Crippen LogP) is 1.97. The number of halogens is 3. The smallest absolute Gasteiger partial charge is 0.490 e. The van der Waals surface area contributed by atoms with Crippen LogP contribution in [-0.4, -0.2) is 31.8 Å². The van der Waals surface area contributed by atoms with Gasteiger partial charge in [-0.05, 0) is 36.4 Å². The molecule has 0 aliphatic rings. The van der Waals surface area contributed by atoms with Crippen LogP contribution in [0.2, 0.25) is 0 Å². The summed E-state index contributed by atoms with van der Waals surface area (Å²) in [5, 5.41) is 21.3. The van der Waals surface area contributed by atoms with Crippen LogP contribution in [0, 0.1) is 17.5 Å². The Hall–Kier alpha value is -3.19. The highest BCUT2D eigenvalue weighted by Gasteiger charge is 2.24. The summed E-state index contributed by atoms with van der Waals surface area (Å²) in [5.41, 5.74) is -1.31. The van der Waals surface area contributed by atoms with E-state index in [0.29, 0.717) is 4.31 Å². The molecule has 1 unspecified atom stereocenters. The molecule has 160 valence electrons. The molecule has 3 rings (SSSR count). The maximum Gasteiger partial charge on any atom is 0.490 e. The minimum atomic E-state index is -3.11. The van der Waals surface area contributed by atoms with Gasteiger partial charge in [0.1, 0.15) is 5.82 Å². The zero-order valence-corrected chi connectivity index (χ0v) is 16.3. The van der Waals surface area contributed by atoms with Crippen molar-refractivity contribution in [3.63, 3.8) is 0 Å². The van der Waals surface area contributed by atoms with Crippen LogP contribution in [0.5, 0.6) is 0 Å². The second-order valence-electron chi connectivity index (χ2n) is 6.19. The largest absolute Gasteiger partial charge is 0.755 e. The van der Waals surface area contributed by atoms with E-state index in [-0.39, 0.29) is 22.4 Å². The second kappa shape index (κ2) is 9.31. The fourth-order valence-electron chi connectivity index (χ4n) is 2.77. The number of rotatable bonds is 6. The fourth-order valence-corrected chi connectivity index (χ4v) is 3.40. The Kier molecular flexibility index (Phi) is 6.76. The van der Waals surface area contributed by atoms with E-state index in [2.05, 4.69) is 5.32 Å². The maximum absolute atomic E-state index is 14.5. The van der Waals surface area contributed by atoms with Crippen LogP contribution in [0.25, 0.3) is 0 Å². The Morgan fingerprint density at radius 2 is 1.61 bits per heavy atom. The summed E-state index contributed by atoms with van der Waals surface area (Å²) < 4.78 is 65.1. The highest BCUT2D eigenvalue weighted by molar-refractivity contribution is 7.81. The third kappa shape index (κ3) is 4.94. The van der Waals surface area contributed by atoms with Crippen LogP contribution in [0.3, 0.4) is 0 Å². The number of hydrogen-bond acceptors (Lipinski definition) is 5. The molecule has 0 fully saturated rings. The van der Waals surface area contributed by atoms with Crippen molar-refractivity contribution in [3.05, 3.63) is 83.7 Å². The molecule has 31 heavy (non-hydrogen) atoms. The molecule has 0 saturated heterocycles. The first-order valence-corrected chi connectivity index (χ1v) is 9.62. The van der Waals surface area contributed by atoms with Crippen molar-refractivity contribution in [3.8, 4) is 0 Å². The van der Waals surface area contributed by atoms with Crippen LogP contribution in [0.15, 0.2) is 60.7 Å². The number of anilines is 3. The van der Waals surface area contributed by atoms with Gasteiger partial charge in [0.15, 0.2) is 11.6 Å². The molecule has 0 saturated carbocycles. The average Bonchev–Trinajstić information content (AvgIpc) is 2.72. The van der Waals surface area contributed by atoms with E-state index < -0.39 is 47.4 Å². The van der Waals surface area contributed by atoms with E-state index in [9.17, 15) is 36.8 Å². The highest BCUT2D eigenvalue weighted by Crippen LogP contribution is 2.29. The SMILES string of the molecule is O=C(Nc1ccc(F)c(F)c1)c1ccc(F)c(N(c2ccccc2B(O)O)S(=O)[O-])c1. The molecular formula is C19H13BF3N2O5S-. The summed E-state index contributed by atoms with van der Waals surface area (Å²) in [6, 6.07) is 10.8. The minimum Gasteiger partial charge on any atom is -0.755 e. The molecule has 3 aromatic carbocycles. The first-order chi connectivity index (χ1) is 14.7. The number of hydrogen-bond donors (Lipinski definition) is 3. The van der Waals surface area contributed by atoms with Crippen LogP contribution in [-0.2, 0) is 11.3 Å². The van der Waals surface area contributed by atoms with Gasteiger partial charge in [0.2, 0.25) is 0 Å². The lowest BCUT2D eigenvalue weighted by atomic mass is 9.79. The number of para-hydroxylation sites is 1. The third-order valence-electron chi connectivity index (χ3n) is 4.19. The lowest BCUT2D eigenvalue weighted by Gasteiger charge is -2.29. The number of benzene rings is 3. The van der Waals surface area contributed by atoms with Gasteiger partial charge in [-0.3, -0.25) is 13.3 Å². The molecule has 3 aromatic rings. The minimum absolute atomic E-state index is 0.0761. The molecule has 0 spiro atoms. The lowest BCUT2D eigenvalue weighted by molar-refractivity contribution is 0.102. The predicted molar refractivity (Wildman–Crippen MR) is 108 cm³/mol. The number of carbonyl (C=O) groups excluding carboxylic acids is 1. The van der Waals surface area contributed by atoms with E-state index in [1.807, 2.05) is 0 Å². The van der Waals surface area contributed by atoms with Crippen molar-refractivity contribution >= 4 is 46.8 Å². The Bertz CT molecular complexity index is 1170. The quantitative estimate of drug-likeness (QED) is 0.394. The second-order valence-corrected chi connectivity index (χ2v) is 6.99. The molecule has 12 heteroatoms. The average molecular weight is 449 g/mol. The van der Waals surface area contributed by atoms with Crippen molar-refractivity contribution in [2.24, 2.45) is 0 Å². The monoisotopic (exact) mass is 449 g/mol. The molecule has 0 bridgehead atoms. The van der Waals surface area contributed by atoms with Gasteiger partial charge in [0.25, 0.3) is 5.91 Å².